The number of ether oxygens (including phenoxy) is 3. The van der Waals surface area contributed by atoms with Gasteiger partial charge in [-0.1, -0.05) is 12.1 Å². The second-order valence-corrected chi connectivity index (χ2v) is 4.67. The second kappa shape index (κ2) is 8.29. The third-order valence-corrected chi connectivity index (χ3v) is 2.63. The van der Waals surface area contributed by atoms with Crippen LogP contribution in [0, 0.1) is 0 Å². The highest BCUT2D eigenvalue weighted by Crippen LogP contribution is 2.23. The van der Waals surface area contributed by atoms with Gasteiger partial charge in [0.15, 0.2) is 5.92 Å². The average molecular weight is 294 g/mol. The Morgan fingerprint density at radius 1 is 0.952 bits per heavy atom. The summed E-state index contributed by atoms with van der Waals surface area (Å²) in [6.45, 7) is 7.66. The molecule has 0 spiro atoms. The van der Waals surface area contributed by atoms with Gasteiger partial charge in [-0.15, -0.1) is 0 Å². The van der Waals surface area contributed by atoms with E-state index < -0.39 is 17.9 Å². The van der Waals surface area contributed by atoms with E-state index in [2.05, 4.69) is 0 Å². The normalized spacial score (nSPS) is 10.6. The molecule has 5 heteroatoms. The quantitative estimate of drug-likeness (QED) is 0.571. The third kappa shape index (κ3) is 5.10. The molecule has 0 atom stereocenters. The van der Waals surface area contributed by atoms with Gasteiger partial charge in [-0.2, -0.15) is 0 Å². The maximum absolute atomic E-state index is 12.0. The molecule has 0 aliphatic rings. The molecule has 116 valence electrons. The van der Waals surface area contributed by atoms with Crippen molar-refractivity contribution in [3.8, 4) is 5.75 Å². The first-order valence-corrected chi connectivity index (χ1v) is 7.09. The predicted molar refractivity (Wildman–Crippen MR) is 78.2 cm³/mol. The van der Waals surface area contributed by atoms with Crippen molar-refractivity contribution >= 4 is 11.9 Å². The molecule has 0 unspecified atom stereocenters. The molecule has 1 aromatic carbocycles. The molecular formula is C16H22O5. The highest BCUT2D eigenvalue weighted by atomic mass is 16.6. The van der Waals surface area contributed by atoms with Crippen LogP contribution in [-0.2, 0) is 19.1 Å². The van der Waals surface area contributed by atoms with Gasteiger partial charge in [0, 0.05) is 0 Å². The van der Waals surface area contributed by atoms with Gasteiger partial charge in [0.25, 0.3) is 0 Å². The van der Waals surface area contributed by atoms with E-state index in [1.54, 1.807) is 38.1 Å². The molecule has 0 N–H and O–H groups in total. The lowest BCUT2D eigenvalue weighted by Gasteiger charge is -2.15. The molecule has 0 heterocycles. The Kier molecular flexibility index (Phi) is 6.72. The minimum Gasteiger partial charge on any atom is -0.491 e. The van der Waals surface area contributed by atoms with E-state index in [1.165, 1.54) is 0 Å². The number of carbonyl (C=O) groups is 2. The van der Waals surface area contributed by atoms with E-state index in [4.69, 9.17) is 14.2 Å². The highest BCUT2D eigenvalue weighted by Gasteiger charge is 2.31. The Balaban J connectivity index is 2.97. The maximum Gasteiger partial charge on any atom is 0.324 e. The summed E-state index contributed by atoms with van der Waals surface area (Å²) in [5.74, 6) is -1.58. The summed E-state index contributed by atoms with van der Waals surface area (Å²) >= 11 is 0. The molecule has 21 heavy (non-hydrogen) atoms. The third-order valence-electron chi connectivity index (χ3n) is 2.63. The van der Waals surface area contributed by atoms with Crippen LogP contribution in [0.5, 0.6) is 5.75 Å². The standard InChI is InChI=1S/C16H22O5/c1-5-19-15(17)14(16(18)20-6-2)12-7-9-13(10-8-12)21-11(3)4/h7-11,14H,5-6H2,1-4H3. The molecule has 0 aromatic heterocycles. The van der Waals surface area contributed by atoms with E-state index in [-0.39, 0.29) is 19.3 Å². The summed E-state index contributed by atoms with van der Waals surface area (Å²) in [6.07, 6.45) is 0.0572. The molecule has 0 amide bonds. The van der Waals surface area contributed by atoms with Crippen molar-refractivity contribution in [1.82, 2.24) is 0 Å². The molecule has 0 fully saturated rings. The molecule has 0 radical (unpaired) electrons. The number of carbonyl (C=O) groups excluding carboxylic acids is 2. The Hall–Kier alpha value is -2.04. The first kappa shape index (κ1) is 17.0. The van der Waals surface area contributed by atoms with Gasteiger partial charge in [-0.05, 0) is 45.4 Å². The van der Waals surface area contributed by atoms with Crippen molar-refractivity contribution in [2.75, 3.05) is 13.2 Å². The minimum atomic E-state index is -1.06. The van der Waals surface area contributed by atoms with E-state index >= 15 is 0 Å². The van der Waals surface area contributed by atoms with E-state index in [9.17, 15) is 9.59 Å². The minimum absolute atomic E-state index is 0.0572. The fraction of sp³-hybridized carbons (Fsp3) is 0.500. The van der Waals surface area contributed by atoms with Crippen molar-refractivity contribution in [3.05, 3.63) is 29.8 Å². The summed E-state index contributed by atoms with van der Waals surface area (Å²) < 4.78 is 15.4. The van der Waals surface area contributed by atoms with Crippen molar-refractivity contribution in [1.29, 1.82) is 0 Å². The van der Waals surface area contributed by atoms with E-state index in [0.29, 0.717) is 11.3 Å². The average Bonchev–Trinajstić information content (AvgIpc) is 2.41. The van der Waals surface area contributed by atoms with Crippen LogP contribution in [0.25, 0.3) is 0 Å². The van der Waals surface area contributed by atoms with Crippen LogP contribution in [0.4, 0.5) is 0 Å². The molecule has 1 rings (SSSR count). The van der Waals surface area contributed by atoms with Crippen molar-refractivity contribution < 1.29 is 23.8 Å². The Morgan fingerprint density at radius 3 is 1.81 bits per heavy atom. The Morgan fingerprint density at radius 2 is 1.43 bits per heavy atom. The highest BCUT2D eigenvalue weighted by molar-refractivity contribution is 6.00. The van der Waals surface area contributed by atoms with Crippen LogP contribution in [0.3, 0.4) is 0 Å². The Bertz CT molecular complexity index is 446. The van der Waals surface area contributed by atoms with E-state index in [1.807, 2.05) is 13.8 Å². The van der Waals surface area contributed by atoms with Crippen molar-refractivity contribution in [2.24, 2.45) is 0 Å². The van der Waals surface area contributed by atoms with Crippen LogP contribution in [0.15, 0.2) is 24.3 Å². The summed E-state index contributed by atoms with van der Waals surface area (Å²) in [4.78, 5) is 23.9. The van der Waals surface area contributed by atoms with E-state index in [0.717, 1.165) is 0 Å². The SMILES string of the molecule is CCOC(=O)C(C(=O)OCC)c1ccc(OC(C)C)cc1. The molecule has 5 nitrogen and oxygen atoms in total. The molecule has 0 saturated carbocycles. The van der Waals surface area contributed by atoms with Crippen LogP contribution >= 0.6 is 0 Å². The lowest BCUT2D eigenvalue weighted by molar-refractivity contribution is -0.156. The zero-order valence-electron chi connectivity index (χ0n) is 12.9. The first-order chi connectivity index (χ1) is 9.99. The number of benzene rings is 1. The van der Waals surface area contributed by atoms with Gasteiger partial charge >= 0.3 is 11.9 Å². The number of hydrogen-bond acceptors (Lipinski definition) is 5. The van der Waals surface area contributed by atoms with Gasteiger partial charge in [-0.3, -0.25) is 9.59 Å². The molecule has 1 aromatic rings. The summed E-state index contributed by atoms with van der Waals surface area (Å²) in [6, 6.07) is 6.80. The molecule has 0 saturated heterocycles. The van der Waals surface area contributed by atoms with Crippen LogP contribution in [0.2, 0.25) is 0 Å². The molecule has 0 aliphatic heterocycles. The zero-order valence-corrected chi connectivity index (χ0v) is 12.9. The Labute approximate surface area is 125 Å². The van der Waals surface area contributed by atoms with Crippen LogP contribution in [-0.4, -0.2) is 31.3 Å². The smallest absolute Gasteiger partial charge is 0.324 e. The summed E-state index contributed by atoms with van der Waals surface area (Å²) in [5.41, 5.74) is 0.531. The lowest BCUT2D eigenvalue weighted by Crippen LogP contribution is -2.26. The summed E-state index contributed by atoms with van der Waals surface area (Å²) in [5, 5.41) is 0. The molecule has 0 aliphatic carbocycles. The topological polar surface area (TPSA) is 61.8 Å². The van der Waals surface area contributed by atoms with Gasteiger partial charge in [-0.25, -0.2) is 0 Å². The number of rotatable bonds is 7. The van der Waals surface area contributed by atoms with Gasteiger partial charge in [0.1, 0.15) is 5.75 Å². The molecule has 0 bridgehead atoms. The van der Waals surface area contributed by atoms with Gasteiger partial charge in [0.2, 0.25) is 0 Å². The zero-order chi connectivity index (χ0) is 15.8. The maximum atomic E-state index is 12.0. The van der Waals surface area contributed by atoms with Crippen LogP contribution in [0.1, 0.15) is 39.2 Å². The largest absolute Gasteiger partial charge is 0.491 e. The fourth-order valence-electron chi connectivity index (χ4n) is 1.83. The fourth-order valence-corrected chi connectivity index (χ4v) is 1.83. The lowest BCUT2D eigenvalue weighted by atomic mass is 9.99. The van der Waals surface area contributed by atoms with Crippen LogP contribution < -0.4 is 4.74 Å². The number of esters is 2. The van der Waals surface area contributed by atoms with Gasteiger partial charge < -0.3 is 14.2 Å². The second-order valence-electron chi connectivity index (χ2n) is 4.67. The molecular weight excluding hydrogens is 272 g/mol. The summed E-state index contributed by atoms with van der Waals surface area (Å²) in [7, 11) is 0. The van der Waals surface area contributed by atoms with Crippen molar-refractivity contribution in [3.63, 3.8) is 0 Å². The number of hydrogen-bond donors (Lipinski definition) is 0. The van der Waals surface area contributed by atoms with Crippen molar-refractivity contribution in [2.45, 2.75) is 39.7 Å². The first-order valence-electron chi connectivity index (χ1n) is 7.09. The monoisotopic (exact) mass is 294 g/mol. The predicted octanol–water partition coefficient (Wildman–Crippen LogP) is 2.68. The van der Waals surface area contributed by atoms with Gasteiger partial charge in [0.05, 0.1) is 19.3 Å².